The Bertz CT molecular complexity index is 1270. The van der Waals surface area contributed by atoms with E-state index in [1.54, 1.807) is 11.8 Å². The van der Waals surface area contributed by atoms with E-state index in [1.165, 1.54) is 0 Å². The number of fused-ring (bicyclic) bond motifs is 1. The van der Waals surface area contributed by atoms with E-state index in [9.17, 15) is 0 Å². The molecule has 200 valence electrons. The summed E-state index contributed by atoms with van der Waals surface area (Å²) in [7, 11) is 0. The quantitative estimate of drug-likeness (QED) is 0.233. The van der Waals surface area contributed by atoms with Gasteiger partial charge in [0.2, 0.25) is 0 Å². The first-order valence-corrected chi connectivity index (χ1v) is 14.2. The molecule has 2 aliphatic heterocycles. The van der Waals surface area contributed by atoms with Gasteiger partial charge in [-0.25, -0.2) is 0 Å². The van der Waals surface area contributed by atoms with E-state index in [0.29, 0.717) is 19.8 Å². The minimum absolute atomic E-state index is 0.288. The van der Waals surface area contributed by atoms with Gasteiger partial charge in [-0.05, 0) is 23.3 Å². The molecule has 6 atom stereocenters. The molecule has 1 unspecified atom stereocenters. The van der Waals surface area contributed by atoms with Crippen molar-refractivity contribution in [3.8, 4) is 0 Å². The van der Waals surface area contributed by atoms with E-state index >= 15 is 0 Å². The van der Waals surface area contributed by atoms with E-state index in [1.807, 2.05) is 84.9 Å². The molecule has 0 aromatic heterocycles. The van der Waals surface area contributed by atoms with Crippen molar-refractivity contribution in [3.05, 3.63) is 138 Å². The summed E-state index contributed by atoms with van der Waals surface area (Å²) >= 11 is 1.65. The van der Waals surface area contributed by atoms with Crippen LogP contribution in [-0.4, -0.2) is 36.5 Å². The molecule has 0 radical (unpaired) electrons. The SMILES string of the molecule is c1ccc(CO[C@H]2[C@@H]3OC(c4ccccc4)OC[C@@H]3O[C@H](Sc3ccccc3)[C@H]2OCc2ccccc2)cc1. The highest BCUT2D eigenvalue weighted by Gasteiger charge is 2.51. The second kappa shape index (κ2) is 12.9. The van der Waals surface area contributed by atoms with Crippen molar-refractivity contribution < 1.29 is 23.7 Å². The Labute approximate surface area is 234 Å². The molecule has 5 nitrogen and oxygen atoms in total. The second-order valence-electron chi connectivity index (χ2n) is 9.67. The van der Waals surface area contributed by atoms with Crippen LogP contribution in [0.5, 0.6) is 0 Å². The molecule has 0 N–H and O–H groups in total. The van der Waals surface area contributed by atoms with Crippen molar-refractivity contribution in [1.82, 2.24) is 0 Å². The Morgan fingerprint density at radius 2 is 1.15 bits per heavy atom. The lowest BCUT2D eigenvalue weighted by molar-refractivity contribution is -0.329. The summed E-state index contributed by atoms with van der Waals surface area (Å²) in [6.07, 6.45) is -1.89. The molecule has 2 aliphatic rings. The average Bonchev–Trinajstić information content (AvgIpc) is 3.01. The van der Waals surface area contributed by atoms with Gasteiger partial charge in [0.15, 0.2) is 6.29 Å². The Morgan fingerprint density at radius 3 is 1.77 bits per heavy atom. The minimum Gasteiger partial charge on any atom is -0.368 e. The van der Waals surface area contributed by atoms with Crippen LogP contribution < -0.4 is 0 Å². The van der Waals surface area contributed by atoms with Crippen LogP contribution in [0.2, 0.25) is 0 Å². The molecule has 2 fully saturated rings. The molecule has 39 heavy (non-hydrogen) atoms. The van der Waals surface area contributed by atoms with Crippen molar-refractivity contribution in [3.63, 3.8) is 0 Å². The van der Waals surface area contributed by atoms with Gasteiger partial charge >= 0.3 is 0 Å². The van der Waals surface area contributed by atoms with Gasteiger partial charge in [0, 0.05) is 10.5 Å². The third kappa shape index (κ3) is 6.61. The van der Waals surface area contributed by atoms with Gasteiger partial charge in [0.05, 0.1) is 19.8 Å². The van der Waals surface area contributed by atoms with E-state index in [-0.39, 0.29) is 29.9 Å². The lowest BCUT2D eigenvalue weighted by Crippen LogP contribution is -2.62. The summed E-state index contributed by atoms with van der Waals surface area (Å²) in [6.45, 7) is 1.30. The molecule has 6 rings (SSSR count). The zero-order valence-electron chi connectivity index (χ0n) is 21.6. The molecule has 0 spiro atoms. The van der Waals surface area contributed by atoms with E-state index in [2.05, 4.69) is 36.4 Å². The maximum atomic E-state index is 6.69. The summed E-state index contributed by atoms with van der Waals surface area (Å²) in [5.41, 5.74) is 2.86. The van der Waals surface area contributed by atoms with Crippen LogP contribution in [0.4, 0.5) is 0 Å². The monoisotopic (exact) mass is 540 g/mol. The first-order chi connectivity index (χ1) is 19.3. The Morgan fingerprint density at radius 1 is 0.615 bits per heavy atom. The molecule has 2 saturated heterocycles. The molecule has 6 heteroatoms. The fourth-order valence-electron chi connectivity index (χ4n) is 4.95. The topological polar surface area (TPSA) is 46.2 Å². The zero-order valence-corrected chi connectivity index (χ0v) is 22.4. The van der Waals surface area contributed by atoms with Gasteiger partial charge in [-0.15, -0.1) is 0 Å². The lowest BCUT2D eigenvalue weighted by atomic mass is 9.98. The fraction of sp³-hybridized carbons (Fsp3) is 0.273. The van der Waals surface area contributed by atoms with Gasteiger partial charge in [0.1, 0.15) is 29.9 Å². The van der Waals surface area contributed by atoms with Gasteiger partial charge in [-0.1, -0.05) is 121 Å². The Hall–Kier alpha value is -2.97. The molecule has 0 saturated carbocycles. The van der Waals surface area contributed by atoms with Crippen LogP contribution in [0, 0.1) is 0 Å². The molecular formula is C33H32O5S. The average molecular weight is 541 g/mol. The van der Waals surface area contributed by atoms with Crippen LogP contribution in [0.25, 0.3) is 0 Å². The highest BCUT2D eigenvalue weighted by atomic mass is 32.2. The molecule has 4 aromatic carbocycles. The third-order valence-electron chi connectivity index (χ3n) is 6.92. The Kier molecular flexibility index (Phi) is 8.70. The van der Waals surface area contributed by atoms with E-state index in [4.69, 9.17) is 23.7 Å². The van der Waals surface area contributed by atoms with Gasteiger partial charge in [-0.2, -0.15) is 0 Å². The molecule has 0 bridgehead atoms. The van der Waals surface area contributed by atoms with Crippen LogP contribution >= 0.6 is 11.8 Å². The number of thioether (sulfide) groups is 1. The lowest BCUT2D eigenvalue weighted by Gasteiger charge is -2.49. The summed E-state index contributed by atoms with van der Waals surface area (Å²) < 4.78 is 32.8. The van der Waals surface area contributed by atoms with Gasteiger partial charge < -0.3 is 23.7 Å². The van der Waals surface area contributed by atoms with Crippen molar-refractivity contribution in [2.75, 3.05) is 6.61 Å². The molecule has 0 amide bonds. The number of rotatable bonds is 9. The maximum absolute atomic E-state index is 6.69. The van der Waals surface area contributed by atoms with E-state index < -0.39 is 6.29 Å². The van der Waals surface area contributed by atoms with Crippen molar-refractivity contribution in [2.24, 2.45) is 0 Å². The van der Waals surface area contributed by atoms with Crippen LogP contribution in [0.15, 0.2) is 126 Å². The number of benzene rings is 4. The largest absolute Gasteiger partial charge is 0.368 e. The van der Waals surface area contributed by atoms with Crippen LogP contribution in [0.3, 0.4) is 0 Å². The van der Waals surface area contributed by atoms with Crippen LogP contribution in [0.1, 0.15) is 23.0 Å². The van der Waals surface area contributed by atoms with E-state index in [0.717, 1.165) is 21.6 Å². The highest BCUT2D eigenvalue weighted by molar-refractivity contribution is 7.99. The molecule has 4 aromatic rings. The summed E-state index contributed by atoms with van der Waals surface area (Å²) in [5.74, 6) is 0. The first-order valence-electron chi connectivity index (χ1n) is 13.3. The van der Waals surface area contributed by atoms with Crippen molar-refractivity contribution in [2.45, 2.75) is 54.3 Å². The molecular weight excluding hydrogens is 508 g/mol. The summed E-state index contributed by atoms with van der Waals surface area (Å²) in [5, 5.41) is 0. The van der Waals surface area contributed by atoms with Gasteiger partial charge in [-0.3, -0.25) is 0 Å². The number of ether oxygens (including phenoxy) is 5. The number of hydrogen-bond acceptors (Lipinski definition) is 6. The summed E-state index contributed by atoms with van der Waals surface area (Å²) in [4.78, 5) is 1.11. The predicted molar refractivity (Wildman–Crippen MR) is 151 cm³/mol. The summed E-state index contributed by atoms with van der Waals surface area (Å²) in [6, 6.07) is 40.7. The molecule has 0 aliphatic carbocycles. The smallest absolute Gasteiger partial charge is 0.184 e. The maximum Gasteiger partial charge on any atom is 0.184 e. The first kappa shape index (κ1) is 26.3. The fourth-order valence-corrected chi connectivity index (χ4v) is 6.10. The Balaban J connectivity index is 1.30. The molecule has 2 heterocycles. The highest BCUT2D eigenvalue weighted by Crippen LogP contribution is 2.41. The number of hydrogen-bond donors (Lipinski definition) is 0. The van der Waals surface area contributed by atoms with Gasteiger partial charge in [0.25, 0.3) is 0 Å². The zero-order chi connectivity index (χ0) is 26.3. The van der Waals surface area contributed by atoms with Crippen molar-refractivity contribution in [1.29, 1.82) is 0 Å². The van der Waals surface area contributed by atoms with Crippen molar-refractivity contribution >= 4 is 11.8 Å². The standard InChI is InChI=1S/C33H32O5S/c1-5-13-24(14-6-1)21-34-30-29-28(23-36-32(38-29)26-17-9-3-10-18-26)37-33(39-27-19-11-4-12-20-27)31(30)35-22-25-15-7-2-8-16-25/h1-20,28-33H,21-23H2/t28-,29+,30-,31-,32?,33+/m0/s1. The predicted octanol–water partition coefficient (Wildman–Crippen LogP) is 6.79. The third-order valence-corrected chi connectivity index (χ3v) is 8.08. The normalized spacial score (nSPS) is 26.6. The minimum atomic E-state index is -0.494. The van der Waals surface area contributed by atoms with Crippen LogP contribution in [-0.2, 0) is 36.9 Å². The second-order valence-corrected chi connectivity index (χ2v) is 10.8.